The molecular weight excluding hydrogens is 430 g/mol. The highest BCUT2D eigenvalue weighted by Gasteiger charge is 2.43. The van der Waals surface area contributed by atoms with E-state index in [1.807, 2.05) is 38.1 Å². The van der Waals surface area contributed by atoms with E-state index in [2.05, 4.69) is 29.5 Å². The molecular formula is C27H31N3O4. The van der Waals surface area contributed by atoms with Crippen molar-refractivity contribution >= 4 is 17.5 Å². The standard InChI is InChI=1S/C27H31N3O4/c1-15-9-10-28-22(11-15)30-26(32)23-16(2)29-19-13-27(3,4)14-20(31)25(19)24(23)18-8-7-17(33-5)12-21(18)34-6/h7-12,24,29H,13-14H2,1-6H3,(H,28,30,32)/t24-/m0/s1. The number of aromatic nitrogens is 1. The highest BCUT2D eigenvalue weighted by Crippen LogP contribution is 2.49. The summed E-state index contributed by atoms with van der Waals surface area (Å²) in [7, 11) is 3.16. The van der Waals surface area contributed by atoms with Gasteiger partial charge in [0.15, 0.2) is 5.78 Å². The second-order valence-electron chi connectivity index (χ2n) is 9.71. The van der Waals surface area contributed by atoms with Gasteiger partial charge in [-0.2, -0.15) is 0 Å². The number of amides is 1. The van der Waals surface area contributed by atoms with Crippen molar-refractivity contribution in [2.45, 2.75) is 46.5 Å². The molecule has 0 spiro atoms. The van der Waals surface area contributed by atoms with Crippen LogP contribution < -0.4 is 20.1 Å². The fourth-order valence-electron chi connectivity index (χ4n) is 4.89. The van der Waals surface area contributed by atoms with Crippen LogP contribution in [-0.2, 0) is 9.59 Å². The van der Waals surface area contributed by atoms with Gasteiger partial charge in [0.05, 0.1) is 20.1 Å². The molecule has 2 N–H and O–H groups in total. The van der Waals surface area contributed by atoms with E-state index in [1.54, 1.807) is 26.5 Å². The number of ketones is 1. The molecule has 2 aromatic rings. The molecule has 178 valence electrons. The Bertz CT molecular complexity index is 1230. The molecule has 2 aliphatic rings. The zero-order valence-corrected chi connectivity index (χ0v) is 20.5. The summed E-state index contributed by atoms with van der Waals surface area (Å²) in [6.07, 6.45) is 2.78. The number of ether oxygens (including phenoxy) is 2. The zero-order valence-electron chi connectivity index (χ0n) is 20.5. The van der Waals surface area contributed by atoms with Crippen molar-refractivity contribution < 1.29 is 19.1 Å². The highest BCUT2D eigenvalue weighted by atomic mass is 16.5. The molecule has 7 nitrogen and oxygen atoms in total. The van der Waals surface area contributed by atoms with Gasteiger partial charge in [-0.05, 0) is 49.4 Å². The Morgan fingerprint density at radius 3 is 2.56 bits per heavy atom. The number of hydrogen-bond donors (Lipinski definition) is 2. The molecule has 1 amide bonds. The van der Waals surface area contributed by atoms with Gasteiger partial charge in [-0.3, -0.25) is 9.59 Å². The van der Waals surface area contributed by atoms with Gasteiger partial charge in [0.1, 0.15) is 17.3 Å². The van der Waals surface area contributed by atoms with Gasteiger partial charge in [-0.1, -0.05) is 19.9 Å². The quantitative estimate of drug-likeness (QED) is 0.674. The Morgan fingerprint density at radius 2 is 1.88 bits per heavy atom. The number of Topliss-reactive ketones (excluding diaryl/α,β-unsaturated/α-hetero) is 1. The predicted octanol–water partition coefficient (Wildman–Crippen LogP) is 4.65. The Kier molecular flexibility index (Phi) is 6.21. The predicted molar refractivity (Wildman–Crippen MR) is 131 cm³/mol. The summed E-state index contributed by atoms with van der Waals surface area (Å²) in [5, 5.41) is 6.31. The molecule has 0 unspecified atom stereocenters. The molecule has 1 atom stereocenters. The van der Waals surface area contributed by atoms with E-state index in [-0.39, 0.29) is 17.1 Å². The second-order valence-corrected chi connectivity index (χ2v) is 9.71. The van der Waals surface area contributed by atoms with Gasteiger partial charge in [0.2, 0.25) is 0 Å². The van der Waals surface area contributed by atoms with E-state index >= 15 is 0 Å². The fraction of sp³-hybridized carbons (Fsp3) is 0.370. The molecule has 0 saturated heterocycles. The largest absolute Gasteiger partial charge is 0.497 e. The van der Waals surface area contributed by atoms with Crippen molar-refractivity contribution in [3.8, 4) is 11.5 Å². The first kappa shape index (κ1) is 23.5. The van der Waals surface area contributed by atoms with Gasteiger partial charge in [0, 0.05) is 46.8 Å². The summed E-state index contributed by atoms with van der Waals surface area (Å²) in [6.45, 7) is 7.99. The maximum absolute atomic E-state index is 13.7. The number of carbonyl (C=O) groups excluding carboxylic acids is 2. The van der Waals surface area contributed by atoms with Crippen LogP contribution in [-0.4, -0.2) is 30.9 Å². The topological polar surface area (TPSA) is 89.5 Å². The number of aryl methyl sites for hydroxylation is 1. The van der Waals surface area contributed by atoms with E-state index in [4.69, 9.17) is 9.47 Å². The number of methoxy groups -OCH3 is 2. The molecule has 34 heavy (non-hydrogen) atoms. The van der Waals surface area contributed by atoms with Crippen LogP contribution in [0, 0.1) is 12.3 Å². The van der Waals surface area contributed by atoms with Crippen LogP contribution in [0.2, 0.25) is 0 Å². The number of dihydropyridines is 1. The number of nitrogens with zero attached hydrogens (tertiary/aromatic N) is 1. The van der Waals surface area contributed by atoms with Crippen molar-refractivity contribution in [1.29, 1.82) is 0 Å². The lowest BCUT2D eigenvalue weighted by atomic mass is 9.68. The first-order valence-electron chi connectivity index (χ1n) is 11.3. The SMILES string of the molecule is COc1ccc([C@H]2C(C(=O)Nc3cc(C)ccn3)=C(C)NC3=C2C(=O)CC(C)(C)C3)c(OC)c1. The molecule has 1 aliphatic carbocycles. The van der Waals surface area contributed by atoms with Crippen molar-refractivity contribution in [2.24, 2.45) is 5.41 Å². The minimum atomic E-state index is -0.578. The smallest absolute Gasteiger partial charge is 0.255 e. The Balaban J connectivity index is 1.86. The van der Waals surface area contributed by atoms with Crippen LogP contribution in [0.4, 0.5) is 5.82 Å². The summed E-state index contributed by atoms with van der Waals surface area (Å²) in [4.78, 5) is 31.4. The zero-order chi connectivity index (χ0) is 24.6. The molecule has 1 aromatic heterocycles. The number of allylic oxidation sites excluding steroid dienone is 3. The maximum atomic E-state index is 13.7. The maximum Gasteiger partial charge on any atom is 0.255 e. The van der Waals surface area contributed by atoms with E-state index < -0.39 is 5.92 Å². The Labute approximate surface area is 200 Å². The summed E-state index contributed by atoms with van der Waals surface area (Å²) in [6, 6.07) is 9.15. The fourth-order valence-corrected chi connectivity index (χ4v) is 4.89. The van der Waals surface area contributed by atoms with Crippen LogP contribution >= 0.6 is 0 Å². The second kappa shape index (κ2) is 8.97. The average molecular weight is 462 g/mol. The van der Waals surface area contributed by atoms with Gasteiger partial charge in [-0.15, -0.1) is 0 Å². The molecule has 7 heteroatoms. The van der Waals surface area contributed by atoms with Gasteiger partial charge >= 0.3 is 0 Å². The van der Waals surface area contributed by atoms with Crippen molar-refractivity contribution in [2.75, 3.05) is 19.5 Å². The minimum absolute atomic E-state index is 0.0353. The minimum Gasteiger partial charge on any atom is -0.497 e. The first-order valence-corrected chi connectivity index (χ1v) is 11.3. The summed E-state index contributed by atoms with van der Waals surface area (Å²) < 4.78 is 11.1. The molecule has 1 aliphatic heterocycles. The van der Waals surface area contributed by atoms with Crippen LogP contribution in [0.1, 0.15) is 50.7 Å². The molecule has 2 heterocycles. The van der Waals surface area contributed by atoms with Crippen LogP contribution in [0.25, 0.3) is 0 Å². The van der Waals surface area contributed by atoms with E-state index in [1.165, 1.54) is 0 Å². The van der Waals surface area contributed by atoms with Crippen molar-refractivity contribution in [1.82, 2.24) is 10.3 Å². The first-order chi connectivity index (χ1) is 16.1. The molecule has 0 saturated carbocycles. The highest BCUT2D eigenvalue weighted by molar-refractivity contribution is 6.09. The average Bonchev–Trinajstić information content (AvgIpc) is 2.76. The molecule has 0 radical (unpaired) electrons. The van der Waals surface area contributed by atoms with E-state index in [0.717, 1.165) is 16.8 Å². The third kappa shape index (κ3) is 4.42. The Morgan fingerprint density at radius 1 is 1.12 bits per heavy atom. The van der Waals surface area contributed by atoms with E-state index in [0.29, 0.717) is 47.0 Å². The number of benzene rings is 1. The van der Waals surface area contributed by atoms with Crippen LogP contribution in [0.3, 0.4) is 0 Å². The van der Waals surface area contributed by atoms with Gasteiger partial charge in [0.25, 0.3) is 5.91 Å². The third-order valence-electron chi connectivity index (χ3n) is 6.39. The van der Waals surface area contributed by atoms with Gasteiger partial charge < -0.3 is 20.1 Å². The number of pyridine rings is 1. The third-order valence-corrected chi connectivity index (χ3v) is 6.39. The molecule has 0 bridgehead atoms. The lowest BCUT2D eigenvalue weighted by Gasteiger charge is -2.40. The summed E-state index contributed by atoms with van der Waals surface area (Å²) in [5.74, 6) is 0.799. The summed E-state index contributed by atoms with van der Waals surface area (Å²) in [5.41, 5.74) is 4.23. The molecule has 0 fully saturated rings. The normalized spacial score (nSPS) is 19.4. The molecule has 1 aromatic carbocycles. The number of hydrogen-bond acceptors (Lipinski definition) is 6. The lowest BCUT2D eigenvalue weighted by Crippen LogP contribution is -2.39. The van der Waals surface area contributed by atoms with Crippen molar-refractivity contribution in [3.05, 3.63) is 70.2 Å². The molecule has 4 rings (SSSR count). The van der Waals surface area contributed by atoms with Crippen LogP contribution in [0.5, 0.6) is 11.5 Å². The number of anilines is 1. The number of carbonyl (C=O) groups is 2. The Hall–Kier alpha value is -3.61. The van der Waals surface area contributed by atoms with Crippen LogP contribution in [0.15, 0.2) is 59.1 Å². The van der Waals surface area contributed by atoms with E-state index in [9.17, 15) is 9.59 Å². The monoisotopic (exact) mass is 461 g/mol. The van der Waals surface area contributed by atoms with Gasteiger partial charge in [-0.25, -0.2) is 4.98 Å². The lowest BCUT2D eigenvalue weighted by molar-refractivity contribution is -0.118. The summed E-state index contributed by atoms with van der Waals surface area (Å²) >= 11 is 0. The van der Waals surface area contributed by atoms with Crippen molar-refractivity contribution in [3.63, 3.8) is 0 Å². The number of rotatable bonds is 5. The number of nitrogens with one attached hydrogen (secondary N) is 2.